The molecule has 0 aliphatic rings. The lowest BCUT2D eigenvalue weighted by atomic mass is 10.1. The van der Waals surface area contributed by atoms with Gasteiger partial charge in [0.2, 0.25) is 10.0 Å². The van der Waals surface area contributed by atoms with Crippen molar-refractivity contribution in [3.63, 3.8) is 0 Å². The predicted molar refractivity (Wildman–Crippen MR) is 72.5 cm³/mol. The average Bonchev–Trinajstić information content (AvgIpc) is 2.28. The normalized spacial score (nSPS) is 12.2. The second kappa shape index (κ2) is 4.40. The maximum absolute atomic E-state index is 12.2. The van der Waals surface area contributed by atoms with Crippen molar-refractivity contribution in [2.24, 2.45) is 0 Å². The van der Waals surface area contributed by atoms with Crippen molar-refractivity contribution in [2.45, 2.75) is 4.90 Å². The maximum Gasteiger partial charge on any atom is 0.243 e. The zero-order valence-corrected chi connectivity index (χ0v) is 11.9. The minimum Gasteiger partial charge on any atom is -0.207 e. The molecule has 0 N–H and O–H groups in total. The van der Waals surface area contributed by atoms with Crippen molar-refractivity contribution in [1.29, 1.82) is 0 Å². The highest BCUT2D eigenvalue weighted by Crippen LogP contribution is 2.29. The molecular formula is C12H12BrNO2S. The molecule has 0 aliphatic heterocycles. The Morgan fingerprint density at radius 3 is 2.24 bits per heavy atom. The number of hydrogen-bond acceptors (Lipinski definition) is 2. The van der Waals surface area contributed by atoms with Crippen LogP contribution in [0.15, 0.2) is 45.8 Å². The molecule has 5 heteroatoms. The van der Waals surface area contributed by atoms with Gasteiger partial charge in [-0.15, -0.1) is 0 Å². The van der Waals surface area contributed by atoms with E-state index >= 15 is 0 Å². The summed E-state index contributed by atoms with van der Waals surface area (Å²) in [4.78, 5) is 0.335. The summed E-state index contributed by atoms with van der Waals surface area (Å²) in [5, 5.41) is 1.63. The number of benzene rings is 2. The first-order valence-electron chi connectivity index (χ1n) is 5.04. The van der Waals surface area contributed by atoms with Crippen molar-refractivity contribution < 1.29 is 8.42 Å². The number of sulfonamides is 1. The van der Waals surface area contributed by atoms with Crippen LogP contribution in [0.1, 0.15) is 0 Å². The minimum atomic E-state index is -3.41. The van der Waals surface area contributed by atoms with Crippen molar-refractivity contribution >= 4 is 36.7 Å². The van der Waals surface area contributed by atoms with Crippen LogP contribution >= 0.6 is 15.9 Å². The third-order valence-electron chi connectivity index (χ3n) is 2.59. The Labute approximate surface area is 109 Å². The van der Waals surface area contributed by atoms with Gasteiger partial charge in [0.15, 0.2) is 0 Å². The molecule has 0 heterocycles. The summed E-state index contributed by atoms with van der Waals surface area (Å²) < 4.78 is 26.5. The molecule has 0 radical (unpaired) electrons. The zero-order valence-electron chi connectivity index (χ0n) is 9.51. The molecule has 0 saturated heterocycles. The monoisotopic (exact) mass is 313 g/mol. The standard InChI is InChI=1S/C12H12BrNO2S/c1-14(2)17(15,16)12-8-4-5-9-10(12)6-3-7-11(9)13/h3-8H,1-2H3. The van der Waals surface area contributed by atoms with Gasteiger partial charge >= 0.3 is 0 Å². The lowest BCUT2D eigenvalue weighted by Gasteiger charge is -2.13. The van der Waals surface area contributed by atoms with E-state index < -0.39 is 10.0 Å². The lowest BCUT2D eigenvalue weighted by molar-refractivity contribution is 0.521. The summed E-state index contributed by atoms with van der Waals surface area (Å²) in [6, 6.07) is 10.8. The van der Waals surface area contributed by atoms with Gasteiger partial charge in [0, 0.05) is 24.0 Å². The van der Waals surface area contributed by atoms with Crippen LogP contribution in [0.2, 0.25) is 0 Å². The van der Waals surface area contributed by atoms with Crippen molar-refractivity contribution in [3.8, 4) is 0 Å². The second-order valence-corrected chi connectivity index (χ2v) is 6.85. The van der Waals surface area contributed by atoms with E-state index in [-0.39, 0.29) is 0 Å². The van der Waals surface area contributed by atoms with Crippen LogP contribution in [0.5, 0.6) is 0 Å². The first-order valence-corrected chi connectivity index (χ1v) is 7.27. The Morgan fingerprint density at radius 1 is 1.00 bits per heavy atom. The Balaban J connectivity index is 2.85. The van der Waals surface area contributed by atoms with Crippen molar-refractivity contribution in [1.82, 2.24) is 4.31 Å². The predicted octanol–water partition coefficient (Wildman–Crippen LogP) is 2.85. The molecule has 0 amide bonds. The molecule has 2 rings (SSSR count). The highest BCUT2D eigenvalue weighted by atomic mass is 79.9. The van der Waals surface area contributed by atoms with E-state index in [1.54, 1.807) is 12.1 Å². The molecule has 0 spiro atoms. The van der Waals surface area contributed by atoms with E-state index in [4.69, 9.17) is 0 Å². The number of fused-ring (bicyclic) bond motifs is 1. The van der Waals surface area contributed by atoms with Crippen molar-refractivity contribution in [2.75, 3.05) is 14.1 Å². The van der Waals surface area contributed by atoms with Crippen LogP contribution in [0.3, 0.4) is 0 Å². The highest BCUT2D eigenvalue weighted by Gasteiger charge is 2.19. The van der Waals surface area contributed by atoms with E-state index in [0.29, 0.717) is 4.90 Å². The Morgan fingerprint density at radius 2 is 1.59 bits per heavy atom. The van der Waals surface area contributed by atoms with E-state index in [0.717, 1.165) is 15.2 Å². The molecule has 0 fully saturated rings. The smallest absolute Gasteiger partial charge is 0.207 e. The fourth-order valence-corrected chi connectivity index (χ4v) is 3.26. The summed E-state index contributed by atoms with van der Waals surface area (Å²) >= 11 is 3.43. The molecule has 2 aromatic rings. The van der Waals surface area contributed by atoms with Crippen LogP contribution in [0.25, 0.3) is 10.8 Å². The fourth-order valence-electron chi connectivity index (χ4n) is 1.66. The zero-order chi connectivity index (χ0) is 12.6. The molecule has 0 aliphatic carbocycles. The fraction of sp³-hybridized carbons (Fsp3) is 0.167. The molecule has 2 aromatic carbocycles. The van der Waals surface area contributed by atoms with Crippen LogP contribution in [-0.2, 0) is 10.0 Å². The summed E-state index contributed by atoms with van der Waals surface area (Å²) in [6.45, 7) is 0. The van der Waals surface area contributed by atoms with E-state index in [9.17, 15) is 8.42 Å². The maximum atomic E-state index is 12.2. The van der Waals surface area contributed by atoms with Gasteiger partial charge in [-0.25, -0.2) is 12.7 Å². The van der Waals surface area contributed by atoms with Crippen molar-refractivity contribution in [3.05, 3.63) is 40.9 Å². The SMILES string of the molecule is CN(C)S(=O)(=O)c1cccc2c(Br)cccc12. The molecule has 90 valence electrons. The summed E-state index contributed by atoms with van der Waals surface area (Å²) in [5.74, 6) is 0. The van der Waals surface area contributed by atoms with Crippen LogP contribution in [0, 0.1) is 0 Å². The highest BCUT2D eigenvalue weighted by molar-refractivity contribution is 9.10. The molecule has 0 atom stereocenters. The third-order valence-corrected chi connectivity index (χ3v) is 5.15. The molecule has 0 saturated carbocycles. The molecule has 17 heavy (non-hydrogen) atoms. The van der Waals surface area contributed by atoms with Gasteiger partial charge < -0.3 is 0 Å². The van der Waals surface area contributed by atoms with Crippen LogP contribution < -0.4 is 0 Å². The van der Waals surface area contributed by atoms with Gasteiger partial charge in [0.05, 0.1) is 4.90 Å². The second-order valence-electron chi connectivity index (χ2n) is 3.88. The largest absolute Gasteiger partial charge is 0.243 e. The number of hydrogen-bond donors (Lipinski definition) is 0. The topological polar surface area (TPSA) is 37.4 Å². The van der Waals surface area contributed by atoms with Gasteiger partial charge in [-0.1, -0.05) is 40.2 Å². The summed E-state index contributed by atoms with van der Waals surface area (Å²) in [7, 11) is -0.340. The van der Waals surface area contributed by atoms with Gasteiger partial charge in [0.25, 0.3) is 0 Å². The van der Waals surface area contributed by atoms with Gasteiger partial charge in [-0.2, -0.15) is 0 Å². The van der Waals surface area contributed by atoms with Crippen LogP contribution in [0.4, 0.5) is 0 Å². The van der Waals surface area contributed by atoms with Gasteiger partial charge in [-0.05, 0) is 17.5 Å². The first kappa shape index (κ1) is 12.5. The number of halogens is 1. The Bertz CT molecular complexity index is 665. The quantitative estimate of drug-likeness (QED) is 0.855. The number of rotatable bonds is 2. The molecular weight excluding hydrogens is 302 g/mol. The molecule has 0 unspecified atom stereocenters. The third kappa shape index (κ3) is 2.10. The van der Waals surface area contributed by atoms with Gasteiger partial charge in [-0.3, -0.25) is 0 Å². The van der Waals surface area contributed by atoms with E-state index in [1.807, 2.05) is 24.3 Å². The Hall–Kier alpha value is -0.910. The first-order chi connectivity index (χ1) is 7.94. The average molecular weight is 314 g/mol. The summed E-state index contributed by atoms with van der Waals surface area (Å²) in [5.41, 5.74) is 0. The lowest BCUT2D eigenvalue weighted by Crippen LogP contribution is -2.22. The van der Waals surface area contributed by atoms with E-state index in [2.05, 4.69) is 15.9 Å². The molecule has 0 aromatic heterocycles. The summed E-state index contributed by atoms with van der Waals surface area (Å²) in [6.07, 6.45) is 0. The van der Waals surface area contributed by atoms with Crippen LogP contribution in [-0.4, -0.2) is 26.8 Å². The molecule has 0 bridgehead atoms. The van der Waals surface area contributed by atoms with E-state index in [1.165, 1.54) is 18.4 Å². The van der Waals surface area contributed by atoms with Gasteiger partial charge in [0.1, 0.15) is 0 Å². The molecule has 3 nitrogen and oxygen atoms in total. The minimum absolute atomic E-state index is 0.335. The number of nitrogens with zero attached hydrogens (tertiary/aromatic N) is 1. The Kier molecular flexibility index (Phi) is 3.25.